The third-order valence-corrected chi connectivity index (χ3v) is 3.65. The third kappa shape index (κ3) is 6.65. The van der Waals surface area contributed by atoms with Crippen molar-refractivity contribution in [3.05, 3.63) is 65.7 Å². The van der Waals surface area contributed by atoms with Gasteiger partial charge in [0, 0.05) is 0 Å². The van der Waals surface area contributed by atoms with Crippen LogP contribution in [0.15, 0.2) is 54.6 Å². The van der Waals surface area contributed by atoms with E-state index in [1.807, 2.05) is 13.0 Å². The van der Waals surface area contributed by atoms with Gasteiger partial charge in [0.15, 0.2) is 0 Å². The summed E-state index contributed by atoms with van der Waals surface area (Å²) in [6.45, 7) is 4.06. The molecule has 2 aromatic rings. The molecule has 2 rings (SSSR count). The van der Waals surface area contributed by atoms with Crippen molar-refractivity contribution in [1.29, 1.82) is 0 Å². The fourth-order valence-corrected chi connectivity index (χ4v) is 2.28. The summed E-state index contributed by atoms with van der Waals surface area (Å²) < 4.78 is 10.7. The number of ether oxygens (including phenoxy) is 2. The molecule has 1 atom stereocenters. The molecule has 0 N–H and O–H groups in total. The molecule has 0 radical (unpaired) electrons. The molecule has 0 heterocycles. The van der Waals surface area contributed by atoms with Crippen LogP contribution >= 0.6 is 0 Å². The molecule has 0 aromatic heterocycles. The summed E-state index contributed by atoms with van der Waals surface area (Å²) in [5.74, 6) is -0.340. The minimum absolute atomic E-state index is 0. The molecule has 0 bridgehead atoms. The van der Waals surface area contributed by atoms with E-state index in [1.165, 1.54) is 0 Å². The fraction of sp³-hybridized carbons (Fsp3) is 0.300. The van der Waals surface area contributed by atoms with Crippen LogP contribution in [-0.2, 0) is 4.74 Å². The normalized spacial score (nSPS) is 11.1. The van der Waals surface area contributed by atoms with Crippen molar-refractivity contribution in [2.24, 2.45) is 0 Å². The molecule has 1 unspecified atom stereocenters. The van der Waals surface area contributed by atoms with E-state index in [2.05, 4.69) is 6.92 Å². The molecule has 25 heavy (non-hydrogen) atoms. The van der Waals surface area contributed by atoms with Crippen molar-refractivity contribution in [2.45, 2.75) is 39.2 Å². The van der Waals surface area contributed by atoms with Crippen LogP contribution in [0.3, 0.4) is 0 Å². The molecule has 0 amide bonds. The predicted octanol–water partition coefficient (Wildman–Crippen LogP) is 1.76. The van der Waals surface area contributed by atoms with Crippen LogP contribution < -0.4 is 34.3 Å². The Labute approximate surface area is 172 Å². The zero-order valence-corrected chi connectivity index (χ0v) is 17.0. The van der Waals surface area contributed by atoms with Gasteiger partial charge in [0.2, 0.25) is 0 Å². The van der Waals surface area contributed by atoms with Gasteiger partial charge >= 0.3 is 41.5 Å². The zero-order valence-electron chi connectivity index (χ0n) is 16.0. The molecule has 0 spiro atoms. The Morgan fingerprint density at radius 1 is 0.920 bits per heavy atom. The number of hydrogen-bond acceptors (Lipinski definition) is 4. The molecule has 0 saturated carbocycles. The van der Waals surface area contributed by atoms with Crippen molar-refractivity contribution in [3.63, 3.8) is 0 Å². The summed E-state index contributed by atoms with van der Waals surface area (Å²) in [7, 11) is 0. The number of rotatable bonds is 7. The van der Waals surface area contributed by atoms with Crippen molar-refractivity contribution in [1.82, 2.24) is 0 Å². The number of benzene rings is 2. The Morgan fingerprint density at radius 2 is 1.48 bits per heavy atom. The van der Waals surface area contributed by atoms with E-state index in [9.17, 15) is 9.59 Å². The molecule has 2 aromatic carbocycles. The average Bonchev–Trinajstić information content (AvgIpc) is 2.62. The van der Waals surface area contributed by atoms with Gasteiger partial charge in [-0.15, -0.1) is 0 Å². The minimum Gasteiger partial charge on any atom is -1.00 e. The minimum atomic E-state index is -0.460. The first-order valence-electron chi connectivity index (χ1n) is 8.22. The number of esters is 2. The predicted molar refractivity (Wildman–Crippen MR) is 93.4 cm³/mol. The van der Waals surface area contributed by atoms with Gasteiger partial charge in [-0.25, -0.2) is 9.59 Å². The first-order chi connectivity index (χ1) is 11.6. The van der Waals surface area contributed by atoms with Crippen molar-refractivity contribution in [3.8, 4) is 5.75 Å². The molecular weight excluding hydrogens is 327 g/mol. The van der Waals surface area contributed by atoms with E-state index in [-0.39, 0.29) is 43.1 Å². The van der Waals surface area contributed by atoms with Gasteiger partial charge in [-0.2, -0.15) is 0 Å². The second-order valence-corrected chi connectivity index (χ2v) is 5.50. The Kier molecular flexibility index (Phi) is 9.50. The van der Waals surface area contributed by atoms with E-state index in [0.717, 1.165) is 19.3 Å². The Morgan fingerprint density at radius 3 is 2.00 bits per heavy atom. The van der Waals surface area contributed by atoms with Gasteiger partial charge in [0.25, 0.3) is 0 Å². The largest absolute Gasteiger partial charge is 1.00 e. The van der Waals surface area contributed by atoms with Crippen molar-refractivity contribution in [2.75, 3.05) is 0 Å². The van der Waals surface area contributed by atoms with E-state index in [4.69, 9.17) is 9.47 Å². The van der Waals surface area contributed by atoms with Crippen molar-refractivity contribution >= 4 is 11.9 Å². The topological polar surface area (TPSA) is 52.6 Å². The summed E-state index contributed by atoms with van der Waals surface area (Å²) in [6, 6.07) is 15.2. The number of carbonyl (C=O) groups is 2. The van der Waals surface area contributed by atoms with Crippen LogP contribution in [0.2, 0.25) is 0 Å². The van der Waals surface area contributed by atoms with Crippen molar-refractivity contribution < 1.29 is 50.0 Å². The standard InChI is InChI=1S/C20H22O4.Na.H/c1-3-8-17(4-2)23-19(21)15-11-13-16(14-12-15)20(22)24-18-9-6-5-7-10-18;;/h5-7,9-14,17H,3-4,8H2,1-2H3;;/q;+1;-1. The molecule has 0 saturated heterocycles. The quantitative estimate of drug-likeness (QED) is 0.434. The van der Waals surface area contributed by atoms with Gasteiger partial charge in [-0.1, -0.05) is 38.5 Å². The molecule has 0 aliphatic heterocycles. The first kappa shape index (κ1) is 21.4. The monoisotopic (exact) mass is 350 g/mol. The van der Waals surface area contributed by atoms with Crippen LogP contribution in [0.1, 0.15) is 55.3 Å². The third-order valence-electron chi connectivity index (χ3n) is 3.65. The second-order valence-electron chi connectivity index (χ2n) is 5.50. The summed E-state index contributed by atoms with van der Waals surface area (Å²) in [5.41, 5.74) is 0.816. The van der Waals surface area contributed by atoms with Crippen LogP contribution in [-0.4, -0.2) is 18.0 Å². The Hall–Kier alpha value is -1.62. The van der Waals surface area contributed by atoms with Gasteiger partial charge in [-0.3, -0.25) is 0 Å². The smallest absolute Gasteiger partial charge is 1.00 e. The maximum Gasteiger partial charge on any atom is 1.00 e. The zero-order chi connectivity index (χ0) is 17.4. The van der Waals surface area contributed by atoms with Gasteiger partial charge < -0.3 is 10.9 Å². The molecule has 5 heteroatoms. The maximum atomic E-state index is 12.1. The molecule has 4 nitrogen and oxygen atoms in total. The van der Waals surface area contributed by atoms with Crippen LogP contribution in [0.5, 0.6) is 5.75 Å². The molecule has 0 aliphatic carbocycles. The summed E-state index contributed by atoms with van der Waals surface area (Å²) in [5, 5.41) is 0. The Balaban J connectivity index is 0.00000312. The van der Waals surface area contributed by atoms with Gasteiger partial charge in [0.1, 0.15) is 11.9 Å². The van der Waals surface area contributed by atoms with Gasteiger partial charge in [-0.05, 0) is 49.2 Å². The number of para-hydroxylation sites is 1. The number of carbonyl (C=O) groups excluding carboxylic acids is 2. The van der Waals surface area contributed by atoms with E-state index >= 15 is 0 Å². The Bertz CT molecular complexity index is 674. The van der Waals surface area contributed by atoms with Crippen LogP contribution in [0.4, 0.5) is 0 Å². The summed E-state index contributed by atoms with van der Waals surface area (Å²) >= 11 is 0. The van der Waals surface area contributed by atoms with E-state index < -0.39 is 5.97 Å². The second kappa shape index (κ2) is 11.1. The van der Waals surface area contributed by atoms with E-state index in [0.29, 0.717) is 16.9 Å². The molecular formula is C20H23NaO4. The maximum absolute atomic E-state index is 12.1. The van der Waals surface area contributed by atoms with Crippen LogP contribution in [0, 0.1) is 0 Å². The average molecular weight is 350 g/mol. The van der Waals surface area contributed by atoms with Crippen LogP contribution in [0.25, 0.3) is 0 Å². The summed E-state index contributed by atoms with van der Waals surface area (Å²) in [4.78, 5) is 24.2. The molecule has 0 fully saturated rings. The fourth-order valence-electron chi connectivity index (χ4n) is 2.28. The molecule has 128 valence electrons. The SMILES string of the molecule is CCCC(CC)OC(=O)c1ccc(C(=O)Oc2ccccc2)cc1.[H-].[Na+]. The first-order valence-corrected chi connectivity index (χ1v) is 8.22. The number of hydrogen-bond donors (Lipinski definition) is 0. The molecule has 0 aliphatic rings. The van der Waals surface area contributed by atoms with E-state index in [1.54, 1.807) is 48.5 Å². The summed E-state index contributed by atoms with van der Waals surface area (Å²) in [6.07, 6.45) is 2.55. The van der Waals surface area contributed by atoms with Gasteiger partial charge in [0.05, 0.1) is 11.1 Å².